The topological polar surface area (TPSA) is 43.7 Å². The molecule has 0 bridgehead atoms. The first-order chi connectivity index (χ1) is 6.52. The summed E-state index contributed by atoms with van der Waals surface area (Å²) in [5.41, 5.74) is 2.08. The summed E-state index contributed by atoms with van der Waals surface area (Å²) in [6.45, 7) is 0. The van der Waals surface area contributed by atoms with Crippen molar-refractivity contribution in [3.63, 3.8) is 0 Å². The maximum absolute atomic E-state index is 9.19. The summed E-state index contributed by atoms with van der Waals surface area (Å²) < 4.78 is 0. The second kappa shape index (κ2) is 5.98. The second-order valence-electron chi connectivity index (χ2n) is 3.91. The molecule has 0 aliphatic heterocycles. The molecule has 1 aromatic carbocycles. The maximum Gasteiger partial charge on any atom is 0.160 e. The van der Waals surface area contributed by atoms with Gasteiger partial charge in [0.05, 0.1) is 0 Å². The Morgan fingerprint density at radius 3 is 1.93 bits per heavy atom. The average Bonchev–Trinajstić information content (AvgIpc) is 1.98. The highest BCUT2D eigenvalue weighted by Crippen LogP contribution is 2.37. The number of hydrogen-bond donors (Lipinski definition) is 2. The molecule has 0 amide bonds. The third-order valence-electron chi connectivity index (χ3n) is 2.00. The van der Waals surface area contributed by atoms with Crippen LogP contribution in [0.2, 0.25) is 0 Å². The van der Waals surface area contributed by atoms with E-state index in [1.54, 1.807) is 0 Å². The van der Waals surface area contributed by atoms with E-state index in [1.807, 2.05) is 32.1 Å². The molecule has 0 fully saturated rings. The largest absolute Gasteiger partial charge is 0.504 e. The average molecular weight is 276 g/mol. The van der Waals surface area contributed by atoms with Gasteiger partial charge in [0, 0.05) is 5.56 Å². The first kappa shape index (κ1) is 14.3. The molecule has 0 unspecified atom stereocenters. The quantitative estimate of drug-likeness (QED) is 0.712. The molecule has 1 aromatic rings. The number of benzene rings is 1. The van der Waals surface area contributed by atoms with Crippen molar-refractivity contribution in [3.8, 4) is 11.5 Å². The Bertz CT molecular complexity index is 309. The molecule has 1 aliphatic rings. The molecule has 1 aliphatic carbocycles. The molecule has 0 saturated carbocycles. The molecule has 0 spiro atoms. The highest BCUT2D eigenvalue weighted by Gasteiger charge is 2.18. The third kappa shape index (κ3) is 3.72. The molecule has 0 aromatic heterocycles. The number of halogens is 1. The lowest BCUT2D eigenvalue weighted by atomic mass is 9.88. The number of aryl methyl sites for hydroxylation is 1. The van der Waals surface area contributed by atoms with Crippen LogP contribution in [0.4, 0.5) is 0 Å². The van der Waals surface area contributed by atoms with Gasteiger partial charge in [0.15, 0.2) is 11.5 Å². The highest BCUT2D eigenvalue weighted by molar-refractivity contribution is 8.93. The Balaban J connectivity index is 0.000000346. The number of hydrogen-bond acceptors (Lipinski definition) is 3. The highest BCUT2D eigenvalue weighted by atomic mass is 79.9. The van der Waals surface area contributed by atoms with Crippen LogP contribution in [0.1, 0.15) is 11.1 Å². The monoisotopic (exact) mass is 275 g/mol. The van der Waals surface area contributed by atoms with E-state index in [-0.39, 0.29) is 28.5 Å². The SMILES string of the molecule is Br.CN(C)C.Oc1ccc2c(c1O)CC2. The fourth-order valence-corrected chi connectivity index (χ4v) is 1.26. The molecule has 0 heterocycles. The number of nitrogens with zero attached hydrogens (tertiary/aromatic N) is 1. The van der Waals surface area contributed by atoms with E-state index < -0.39 is 0 Å². The Morgan fingerprint density at radius 1 is 1.07 bits per heavy atom. The molecule has 15 heavy (non-hydrogen) atoms. The summed E-state index contributed by atoms with van der Waals surface area (Å²) in [5, 5.41) is 18.2. The predicted molar refractivity (Wildman–Crippen MR) is 67.1 cm³/mol. The van der Waals surface area contributed by atoms with Crippen molar-refractivity contribution in [3.05, 3.63) is 23.3 Å². The van der Waals surface area contributed by atoms with Crippen molar-refractivity contribution >= 4 is 17.0 Å². The lowest BCUT2D eigenvalue weighted by Gasteiger charge is -2.19. The summed E-state index contributed by atoms with van der Waals surface area (Å²) >= 11 is 0. The van der Waals surface area contributed by atoms with Gasteiger partial charge in [-0.1, -0.05) is 6.07 Å². The molecule has 3 nitrogen and oxygen atoms in total. The van der Waals surface area contributed by atoms with Gasteiger partial charge in [-0.25, -0.2) is 0 Å². The van der Waals surface area contributed by atoms with Crippen LogP contribution < -0.4 is 0 Å². The molecular formula is C11H18BrNO2. The first-order valence-electron chi connectivity index (χ1n) is 4.66. The van der Waals surface area contributed by atoms with Gasteiger partial charge in [-0.3, -0.25) is 0 Å². The molecule has 0 saturated heterocycles. The summed E-state index contributed by atoms with van der Waals surface area (Å²) in [5.74, 6) is 0.0715. The fraction of sp³-hybridized carbons (Fsp3) is 0.455. The number of fused-ring (bicyclic) bond motifs is 1. The smallest absolute Gasteiger partial charge is 0.160 e. The van der Waals surface area contributed by atoms with E-state index >= 15 is 0 Å². The van der Waals surface area contributed by atoms with Crippen LogP contribution in [0.5, 0.6) is 11.5 Å². The van der Waals surface area contributed by atoms with Gasteiger partial charge in [0.1, 0.15) is 0 Å². The van der Waals surface area contributed by atoms with Crippen LogP contribution in [-0.2, 0) is 12.8 Å². The van der Waals surface area contributed by atoms with Gasteiger partial charge in [0.25, 0.3) is 0 Å². The van der Waals surface area contributed by atoms with Crippen LogP contribution in [0, 0.1) is 0 Å². The molecule has 86 valence electrons. The number of phenols is 2. The fourth-order valence-electron chi connectivity index (χ4n) is 1.26. The molecule has 0 atom stereocenters. The van der Waals surface area contributed by atoms with Gasteiger partial charge >= 0.3 is 0 Å². The van der Waals surface area contributed by atoms with Crippen molar-refractivity contribution in [1.29, 1.82) is 0 Å². The second-order valence-corrected chi connectivity index (χ2v) is 3.91. The normalized spacial score (nSPS) is 11.7. The molecule has 2 rings (SSSR count). The minimum Gasteiger partial charge on any atom is -0.504 e. The van der Waals surface area contributed by atoms with Crippen LogP contribution in [0.25, 0.3) is 0 Å². The van der Waals surface area contributed by atoms with Gasteiger partial charge in [0.2, 0.25) is 0 Å². The van der Waals surface area contributed by atoms with Crippen molar-refractivity contribution in [2.45, 2.75) is 12.8 Å². The lowest BCUT2D eigenvalue weighted by Crippen LogP contribution is -2.07. The number of aromatic hydroxyl groups is 2. The summed E-state index contributed by atoms with van der Waals surface area (Å²) in [4.78, 5) is 2.00. The van der Waals surface area contributed by atoms with Gasteiger partial charge in [-0.05, 0) is 45.6 Å². The van der Waals surface area contributed by atoms with Gasteiger partial charge < -0.3 is 15.1 Å². The van der Waals surface area contributed by atoms with Crippen LogP contribution in [0.3, 0.4) is 0 Å². The van der Waals surface area contributed by atoms with E-state index in [2.05, 4.69) is 0 Å². The molecule has 0 radical (unpaired) electrons. The first-order valence-corrected chi connectivity index (χ1v) is 4.66. The zero-order valence-electron chi connectivity index (χ0n) is 9.32. The van der Waals surface area contributed by atoms with E-state index in [0.29, 0.717) is 0 Å². The van der Waals surface area contributed by atoms with Crippen molar-refractivity contribution < 1.29 is 10.2 Å². The zero-order chi connectivity index (χ0) is 10.7. The van der Waals surface area contributed by atoms with Crippen molar-refractivity contribution in [2.24, 2.45) is 0 Å². The summed E-state index contributed by atoms with van der Waals surface area (Å²) in [7, 11) is 6.00. The van der Waals surface area contributed by atoms with Crippen molar-refractivity contribution in [2.75, 3.05) is 21.1 Å². The van der Waals surface area contributed by atoms with E-state index in [4.69, 9.17) is 5.11 Å². The summed E-state index contributed by atoms with van der Waals surface area (Å²) in [6, 6.07) is 3.39. The Labute approximate surface area is 101 Å². The van der Waals surface area contributed by atoms with Crippen LogP contribution in [-0.4, -0.2) is 36.3 Å². The predicted octanol–water partition coefficient (Wildman–Crippen LogP) is 1.95. The number of phenolic OH excluding ortho intramolecular Hbond substituents is 2. The van der Waals surface area contributed by atoms with E-state index in [0.717, 1.165) is 24.0 Å². The standard InChI is InChI=1S/C8H8O2.C3H9N.BrH/c9-7-4-2-5-1-3-6(5)8(7)10;1-4(2)3;/h2,4,9-10H,1,3H2;1-3H3;1H. The lowest BCUT2D eigenvalue weighted by molar-refractivity contribution is 0.395. The maximum atomic E-state index is 9.19. The summed E-state index contributed by atoms with van der Waals surface area (Å²) in [6.07, 6.45) is 1.93. The van der Waals surface area contributed by atoms with E-state index in [1.165, 1.54) is 6.07 Å². The third-order valence-corrected chi connectivity index (χ3v) is 2.00. The Kier molecular flexibility index (Phi) is 5.68. The Hall–Kier alpha value is -0.740. The molecule has 2 N–H and O–H groups in total. The van der Waals surface area contributed by atoms with Gasteiger partial charge in [-0.2, -0.15) is 0 Å². The van der Waals surface area contributed by atoms with Crippen LogP contribution in [0.15, 0.2) is 12.1 Å². The Morgan fingerprint density at radius 2 is 1.60 bits per heavy atom. The minimum absolute atomic E-state index is 0. The molecule has 4 heteroatoms. The molecular weight excluding hydrogens is 258 g/mol. The van der Waals surface area contributed by atoms with Gasteiger partial charge in [-0.15, -0.1) is 17.0 Å². The minimum atomic E-state index is -0.00144. The van der Waals surface area contributed by atoms with Crippen LogP contribution >= 0.6 is 17.0 Å². The van der Waals surface area contributed by atoms with Crippen molar-refractivity contribution in [1.82, 2.24) is 4.90 Å². The van der Waals surface area contributed by atoms with E-state index in [9.17, 15) is 5.11 Å². The zero-order valence-corrected chi connectivity index (χ0v) is 11.0. The number of rotatable bonds is 0.